The molecule has 0 bridgehead atoms. The average molecular weight is 232 g/mol. The van der Waals surface area contributed by atoms with Crippen LogP contribution in [0.1, 0.15) is 12.3 Å². The highest BCUT2D eigenvalue weighted by Crippen LogP contribution is 2.27. The molecule has 0 spiro atoms. The lowest BCUT2D eigenvalue weighted by molar-refractivity contribution is 0.166. The molecule has 1 aliphatic rings. The Morgan fingerprint density at radius 1 is 1.29 bits per heavy atom. The summed E-state index contributed by atoms with van der Waals surface area (Å²) in [6, 6.07) is 3.64. The van der Waals surface area contributed by atoms with E-state index in [0.717, 1.165) is 5.56 Å². The quantitative estimate of drug-likeness (QED) is 0.820. The Labute approximate surface area is 97.8 Å². The third-order valence-electron chi connectivity index (χ3n) is 2.84. The third-order valence-corrected chi connectivity index (χ3v) is 2.84. The van der Waals surface area contributed by atoms with Crippen molar-refractivity contribution in [3.05, 3.63) is 30.4 Å². The van der Waals surface area contributed by atoms with Gasteiger partial charge in [0.05, 0.1) is 6.61 Å². The summed E-state index contributed by atoms with van der Waals surface area (Å²) < 4.78 is 10.5. The highest BCUT2D eigenvalue weighted by molar-refractivity contribution is 5.52. The van der Waals surface area contributed by atoms with Crippen LogP contribution in [-0.2, 0) is 10.3 Å². The second-order valence-electron chi connectivity index (χ2n) is 4.12. The lowest BCUT2D eigenvalue weighted by Gasteiger charge is -2.14. The average Bonchev–Trinajstić information content (AvgIpc) is 2.99. The number of ether oxygens (including phenoxy) is 1. The van der Waals surface area contributed by atoms with Crippen LogP contribution < -0.4 is 5.73 Å². The standard InChI is InChI=1S/C11H12N4O2/c12-11(3-6-16-7-11)10-14-9(15-17-10)8-1-4-13-5-2-8/h1-2,4-5H,3,6-7,12H2. The van der Waals surface area contributed by atoms with Crippen LogP contribution in [0.25, 0.3) is 11.4 Å². The Morgan fingerprint density at radius 2 is 2.12 bits per heavy atom. The summed E-state index contributed by atoms with van der Waals surface area (Å²) in [7, 11) is 0. The Bertz CT molecular complexity index is 505. The number of aromatic nitrogens is 3. The van der Waals surface area contributed by atoms with Gasteiger partial charge in [0.25, 0.3) is 0 Å². The second kappa shape index (κ2) is 3.90. The van der Waals surface area contributed by atoms with E-state index in [4.69, 9.17) is 15.0 Å². The molecule has 1 saturated heterocycles. The molecule has 0 saturated carbocycles. The number of nitrogens with two attached hydrogens (primary N) is 1. The van der Waals surface area contributed by atoms with E-state index >= 15 is 0 Å². The van der Waals surface area contributed by atoms with E-state index in [0.29, 0.717) is 31.3 Å². The summed E-state index contributed by atoms with van der Waals surface area (Å²) in [5.41, 5.74) is 6.36. The maximum absolute atomic E-state index is 6.14. The zero-order valence-corrected chi connectivity index (χ0v) is 9.17. The lowest BCUT2D eigenvalue weighted by Crippen LogP contribution is -2.37. The number of nitrogens with zero attached hydrogens (tertiary/aromatic N) is 3. The Morgan fingerprint density at radius 3 is 2.82 bits per heavy atom. The predicted octanol–water partition coefficient (Wildman–Crippen LogP) is 0.706. The van der Waals surface area contributed by atoms with E-state index in [-0.39, 0.29) is 0 Å². The van der Waals surface area contributed by atoms with Crippen LogP contribution >= 0.6 is 0 Å². The van der Waals surface area contributed by atoms with E-state index in [1.54, 1.807) is 12.4 Å². The molecular weight excluding hydrogens is 220 g/mol. The molecule has 3 rings (SSSR count). The SMILES string of the molecule is NC1(c2nc(-c3ccncc3)no2)CCOC1. The van der Waals surface area contributed by atoms with Crippen LogP contribution in [0.15, 0.2) is 29.0 Å². The Balaban J connectivity index is 1.93. The summed E-state index contributed by atoms with van der Waals surface area (Å²) in [6.07, 6.45) is 4.06. The van der Waals surface area contributed by atoms with Crippen molar-refractivity contribution in [3.8, 4) is 11.4 Å². The molecule has 1 aliphatic heterocycles. The maximum Gasteiger partial charge on any atom is 0.249 e. The minimum atomic E-state index is -0.641. The first-order valence-corrected chi connectivity index (χ1v) is 5.39. The number of hydrogen-bond acceptors (Lipinski definition) is 6. The largest absolute Gasteiger partial charge is 0.379 e. The van der Waals surface area contributed by atoms with Gasteiger partial charge in [0.1, 0.15) is 5.54 Å². The topological polar surface area (TPSA) is 87.1 Å². The fourth-order valence-corrected chi connectivity index (χ4v) is 1.79. The molecule has 6 nitrogen and oxygen atoms in total. The van der Waals surface area contributed by atoms with Gasteiger partial charge in [0.2, 0.25) is 11.7 Å². The van der Waals surface area contributed by atoms with Gasteiger partial charge in [0, 0.05) is 24.6 Å². The molecule has 88 valence electrons. The van der Waals surface area contributed by atoms with E-state index in [2.05, 4.69) is 15.1 Å². The zero-order valence-electron chi connectivity index (χ0n) is 9.17. The summed E-state index contributed by atoms with van der Waals surface area (Å²) in [5, 5.41) is 3.93. The third kappa shape index (κ3) is 1.81. The molecule has 6 heteroatoms. The number of rotatable bonds is 2. The Kier molecular flexibility index (Phi) is 2.38. The van der Waals surface area contributed by atoms with Gasteiger partial charge in [-0.2, -0.15) is 4.98 Å². The van der Waals surface area contributed by atoms with Crippen LogP contribution in [0.2, 0.25) is 0 Å². The maximum atomic E-state index is 6.14. The van der Waals surface area contributed by atoms with Gasteiger partial charge in [-0.1, -0.05) is 5.16 Å². The first-order valence-electron chi connectivity index (χ1n) is 5.39. The highest BCUT2D eigenvalue weighted by atomic mass is 16.5. The fraction of sp³-hybridized carbons (Fsp3) is 0.364. The first kappa shape index (κ1) is 10.4. The molecule has 1 atom stereocenters. The van der Waals surface area contributed by atoms with Gasteiger partial charge in [0.15, 0.2) is 0 Å². The van der Waals surface area contributed by atoms with Crippen molar-refractivity contribution in [3.63, 3.8) is 0 Å². The van der Waals surface area contributed by atoms with Crippen molar-refractivity contribution in [2.24, 2.45) is 5.73 Å². The molecule has 2 aromatic heterocycles. The molecule has 2 aromatic rings. The van der Waals surface area contributed by atoms with Gasteiger partial charge in [-0.05, 0) is 18.6 Å². The van der Waals surface area contributed by atoms with Gasteiger partial charge in [-0.15, -0.1) is 0 Å². The molecule has 0 amide bonds. The van der Waals surface area contributed by atoms with E-state index in [9.17, 15) is 0 Å². The monoisotopic (exact) mass is 232 g/mol. The van der Waals surface area contributed by atoms with Crippen molar-refractivity contribution >= 4 is 0 Å². The van der Waals surface area contributed by atoms with E-state index in [1.807, 2.05) is 12.1 Å². The van der Waals surface area contributed by atoms with Crippen molar-refractivity contribution in [2.75, 3.05) is 13.2 Å². The van der Waals surface area contributed by atoms with Gasteiger partial charge in [-0.25, -0.2) is 0 Å². The normalized spacial score (nSPS) is 24.1. The van der Waals surface area contributed by atoms with Crippen LogP contribution in [0.3, 0.4) is 0 Å². The summed E-state index contributed by atoms with van der Waals surface area (Å²) >= 11 is 0. The minimum absolute atomic E-state index is 0.422. The number of pyridine rings is 1. The summed E-state index contributed by atoms with van der Waals surface area (Å²) in [6.45, 7) is 1.05. The molecular formula is C11H12N4O2. The van der Waals surface area contributed by atoms with Crippen LogP contribution in [0.4, 0.5) is 0 Å². The lowest BCUT2D eigenvalue weighted by atomic mass is 10.0. The van der Waals surface area contributed by atoms with Crippen molar-refractivity contribution in [1.82, 2.24) is 15.1 Å². The molecule has 17 heavy (non-hydrogen) atoms. The van der Waals surface area contributed by atoms with E-state index in [1.165, 1.54) is 0 Å². The molecule has 1 unspecified atom stereocenters. The molecule has 0 radical (unpaired) electrons. The fourth-order valence-electron chi connectivity index (χ4n) is 1.79. The molecule has 0 aliphatic carbocycles. The summed E-state index contributed by atoms with van der Waals surface area (Å²) in [4.78, 5) is 8.26. The van der Waals surface area contributed by atoms with E-state index < -0.39 is 5.54 Å². The van der Waals surface area contributed by atoms with Crippen molar-refractivity contribution in [2.45, 2.75) is 12.0 Å². The van der Waals surface area contributed by atoms with Crippen LogP contribution in [-0.4, -0.2) is 28.3 Å². The summed E-state index contributed by atoms with van der Waals surface area (Å²) in [5.74, 6) is 0.959. The first-order chi connectivity index (χ1) is 8.28. The molecule has 2 N–H and O–H groups in total. The Hall–Kier alpha value is -1.79. The molecule has 1 fully saturated rings. The van der Waals surface area contributed by atoms with Crippen molar-refractivity contribution in [1.29, 1.82) is 0 Å². The van der Waals surface area contributed by atoms with Gasteiger partial charge < -0.3 is 15.0 Å². The van der Waals surface area contributed by atoms with Crippen LogP contribution in [0.5, 0.6) is 0 Å². The second-order valence-corrected chi connectivity index (χ2v) is 4.12. The van der Waals surface area contributed by atoms with Crippen LogP contribution in [0, 0.1) is 0 Å². The smallest absolute Gasteiger partial charge is 0.249 e. The van der Waals surface area contributed by atoms with Gasteiger partial charge in [-0.3, -0.25) is 4.98 Å². The molecule has 3 heterocycles. The van der Waals surface area contributed by atoms with Crippen molar-refractivity contribution < 1.29 is 9.26 Å². The zero-order chi connectivity index (χ0) is 11.7. The number of hydrogen-bond donors (Lipinski definition) is 1. The van der Waals surface area contributed by atoms with Gasteiger partial charge >= 0.3 is 0 Å². The predicted molar refractivity (Wildman–Crippen MR) is 58.8 cm³/mol. The minimum Gasteiger partial charge on any atom is -0.379 e. The highest BCUT2D eigenvalue weighted by Gasteiger charge is 2.38. The molecule has 0 aromatic carbocycles.